The number of aryl methyl sites for hydroxylation is 1. The van der Waals surface area contributed by atoms with Gasteiger partial charge >= 0.3 is 6.36 Å². The first kappa shape index (κ1) is 13.0. The quantitative estimate of drug-likeness (QED) is 0.839. The molecule has 1 aliphatic rings. The van der Waals surface area contributed by atoms with Gasteiger partial charge in [0.2, 0.25) is 0 Å². The lowest BCUT2D eigenvalue weighted by molar-refractivity contribution is -0.274. The molecule has 1 aliphatic heterocycles. The average Bonchev–Trinajstić information content (AvgIpc) is 2.86. The van der Waals surface area contributed by atoms with Crippen LogP contribution in [0.3, 0.4) is 0 Å². The highest BCUT2D eigenvalue weighted by Crippen LogP contribution is 2.34. The molecule has 0 amide bonds. The van der Waals surface area contributed by atoms with E-state index in [9.17, 15) is 13.2 Å². The molecule has 1 aromatic carbocycles. The molecule has 20 heavy (non-hydrogen) atoms. The summed E-state index contributed by atoms with van der Waals surface area (Å²) >= 11 is 0. The summed E-state index contributed by atoms with van der Waals surface area (Å²) in [6.45, 7) is 0.946. The molecule has 1 atom stereocenters. The van der Waals surface area contributed by atoms with Crippen molar-refractivity contribution in [2.45, 2.75) is 31.7 Å². The van der Waals surface area contributed by atoms with Gasteiger partial charge in [0, 0.05) is 24.4 Å². The van der Waals surface area contributed by atoms with Crippen LogP contribution in [0.15, 0.2) is 36.8 Å². The molecule has 0 saturated heterocycles. The van der Waals surface area contributed by atoms with E-state index in [0.717, 1.165) is 30.6 Å². The first-order valence-electron chi connectivity index (χ1n) is 6.39. The topological polar surface area (TPSA) is 27.1 Å². The molecule has 0 radical (unpaired) electrons. The van der Waals surface area contributed by atoms with E-state index in [2.05, 4.69) is 14.3 Å². The zero-order chi connectivity index (χ0) is 14.2. The molecule has 0 bridgehead atoms. The van der Waals surface area contributed by atoms with Crippen LogP contribution in [0.5, 0.6) is 5.75 Å². The van der Waals surface area contributed by atoms with E-state index in [1.54, 1.807) is 18.5 Å². The van der Waals surface area contributed by atoms with Crippen LogP contribution < -0.4 is 4.74 Å². The molecular weight excluding hydrogens is 269 g/mol. The van der Waals surface area contributed by atoms with Crippen molar-refractivity contribution in [2.75, 3.05) is 0 Å². The Hall–Kier alpha value is -1.98. The molecule has 3 nitrogen and oxygen atoms in total. The lowest BCUT2D eigenvalue weighted by atomic mass is 9.89. The number of imidazole rings is 1. The van der Waals surface area contributed by atoms with Gasteiger partial charge in [-0.25, -0.2) is 4.98 Å². The molecule has 0 aliphatic carbocycles. The summed E-state index contributed by atoms with van der Waals surface area (Å²) in [5, 5.41) is 0. The maximum Gasteiger partial charge on any atom is 0.573 e. The Kier molecular flexibility index (Phi) is 3.16. The molecule has 3 rings (SSSR count). The zero-order valence-electron chi connectivity index (χ0n) is 10.6. The second kappa shape index (κ2) is 4.85. The number of nitrogens with zero attached hydrogens (tertiary/aromatic N) is 2. The Morgan fingerprint density at radius 2 is 1.95 bits per heavy atom. The third-order valence-electron chi connectivity index (χ3n) is 3.51. The number of alkyl halides is 3. The number of hydrogen-bond donors (Lipinski definition) is 0. The molecule has 2 heterocycles. The molecule has 1 aromatic heterocycles. The third kappa shape index (κ3) is 2.64. The summed E-state index contributed by atoms with van der Waals surface area (Å²) in [6, 6.07) is 6.10. The Labute approximate surface area is 114 Å². The van der Waals surface area contributed by atoms with Crippen LogP contribution in [0.4, 0.5) is 13.2 Å². The first-order valence-corrected chi connectivity index (χ1v) is 6.39. The molecule has 0 N–H and O–H groups in total. The number of benzene rings is 1. The monoisotopic (exact) mass is 282 g/mol. The van der Waals surface area contributed by atoms with Crippen molar-refractivity contribution in [3.05, 3.63) is 48.0 Å². The maximum atomic E-state index is 12.1. The van der Waals surface area contributed by atoms with Gasteiger partial charge in [-0.05, 0) is 30.5 Å². The minimum absolute atomic E-state index is 0.186. The van der Waals surface area contributed by atoms with Gasteiger partial charge < -0.3 is 9.30 Å². The summed E-state index contributed by atoms with van der Waals surface area (Å²) < 4.78 is 42.3. The number of ether oxygens (including phenoxy) is 1. The molecule has 0 fully saturated rings. The number of aromatic nitrogens is 2. The van der Waals surface area contributed by atoms with Gasteiger partial charge in [0.05, 0.1) is 6.33 Å². The molecule has 106 valence electrons. The summed E-state index contributed by atoms with van der Waals surface area (Å²) in [7, 11) is 0. The van der Waals surface area contributed by atoms with Crippen molar-refractivity contribution in [1.82, 2.24) is 9.55 Å². The largest absolute Gasteiger partial charge is 0.573 e. The van der Waals surface area contributed by atoms with Crippen LogP contribution >= 0.6 is 0 Å². The Balaban J connectivity index is 1.83. The highest BCUT2D eigenvalue weighted by Gasteiger charge is 2.31. The van der Waals surface area contributed by atoms with Crippen molar-refractivity contribution in [3.63, 3.8) is 0 Å². The Morgan fingerprint density at radius 1 is 1.20 bits per heavy atom. The maximum absolute atomic E-state index is 12.1. The number of hydrogen-bond acceptors (Lipinski definition) is 2. The second-order valence-electron chi connectivity index (χ2n) is 4.82. The summed E-state index contributed by atoms with van der Waals surface area (Å²) in [4.78, 5) is 4.14. The van der Waals surface area contributed by atoms with E-state index in [-0.39, 0.29) is 11.7 Å². The third-order valence-corrected chi connectivity index (χ3v) is 3.51. The summed E-state index contributed by atoms with van der Waals surface area (Å²) in [6.07, 6.45) is 0.984. The molecule has 0 spiro atoms. The fourth-order valence-corrected chi connectivity index (χ4v) is 2.66. The first-order chi connectivity index (χ1) is 9.53. The Bertz CT molecular complexity index is 589. The standard InChI is InChI=1S/C14H13F3N2O/c15-14(16,17)20-11-5-3-10(4-6-11)12-2-1-7-19-9-18-8-13(12)19/h3-6,8-9,12H,1-2,7H2. The minimum atomic E-state index is -4.65. The second-order valence-corrected chi connectivity index (χ2v) is 4.82. The van der Waals surface area contributed by atoms with Gasteiger partial charge in [0.25, 0.3) is 0 Å². The fraction of sp³-hybridized carbons (Fsp3) is 0.357. The van der Waals surface area contributed by atoms with Crippen LogP contribution in [-0.2, 0) is 6.54 Å². The van der Waals surface area contributed by atoms with E-state index in [4.69, 9.17) is 0 Å². The van der Waals surface area contributed by atoms with Gasteiger partial charge in [-0.1, -0.05) is 12.1 Å². The van der Waals surface area contributed by atoms with E-state index in [1.807, 2.05) is 6.20 Å². The van der Waals surface area contributed by atoms with Gasteiger partial charge in [-0.3, -0.25) is 0 Å². The van der Waals surface area contributed by atoms with E-state index in [0.29, 0.717) is 0 Å². The molecule has 6 heteroatoms. The highest BCUT2D eigenvalue weighted by molar-refractivity contribution is 5.34. The fourth-order valence-electron chi connectivity index (χ4n) is 2.66. The van der Waals surface area contributed by atoms with Crippen molar-refractivity contribution >= 4 is 0 Å². The van der Waals surface area contributed by atoms with Crippen LogP contribution in [0.1, 0.15) is 30.0 Å². The van der Waals surface area contributed by atoms with Crippen molar-refractivity contribution < 1.29 is 17.9 Å². The normalized spacial score (nSPS) is 18.6. The van der Waals surface area contributed by atoms with Gasteiger partial charge in [-0.15, -0.1) is 13.2 Å². The molecule has 0 saturated carbocycles. The number of halogens is 3. The zero-order valence-corrected chi connectivity index (χ0v) is 10.6. The van der Waals surface area contributed by atoms with Gasteiger partial charge in [0.1, 0.15) is 5.75 Å². The average molecular weight is 282 g/mol. The predicted octanol–water partition coefficient (Wildman–Crippen LogP) is 3.71. The van der Waals surface area contributed by atoms with Crippen LogP contribution in [0.25, 0.3) is 0 Å². The number of fused-ring (bicyclic) bond motifs is 1. The molecular formula is C14H13F3N2O. The summed E-state index contributed by atoms with van der Waals surface area (Å²) in [5.74, 6) is -0.00301. The number of rotatable bonds is 2. The van der Waals surface area contributed by atoms with Crippen molar-refractivity contribution in [2.24, 2.45) is 0 Å². The SMILES string of the molecule is FC(F)(F)Oc1ccc(C2CCCn3cncc32)cc1. The predicted molar refractivity (Wildman–Crippen MR) is 66.4 cm³/mol. The van der Waals surface area contributed by atoms with Crippen molar-refractivity contribution in [1.29, 1.82) is 0 Å². The molecule has 1 unspecified atom stereocenters. The van der Waals surface area contributed by atoms with Crippen LogP contribution in [-0.4, -0.2) is 15.9 Å². The van der Waals surface area contributed by atoms with Gasteiger partial charge in [-0.2, -0.15) is 0 Å². The summed E-state index contributed by atoms with van der Waals surface area (Å²) in [5.41, 5.74) is 2.10. The van der Waals surface area contributed by atoms with E-state index >= 15 is 0 Å². The molecule has 2 aromatic rings. The lowest BCUT2D eigenvalue weighted by Crippen LogP contribution is -2.17. The van der Waals surface area contributed by atoms with Crippen molar-refractivity contribution in [3.8, 4) is 5.75 Å². The smallest absolute Gasteiger partial charge is 0.406 e. The lowest BCUT2D eigenvalue weighted by Gasteiger charge is -2.24. The van der Waals surface area contributed by atoms with E-state index < -0.39 is 6.36 Å². The Morgan fingerprint density at radius 3 is 2.65 bits per heavy atom. The minimum Gasteiger partial charge on any atom is -0.406 e. The van der Waals surface area contributed by atoms with Crippen LogP contribution in [0, 0.1) is 0 Å². The van der Waals surface area contributed by atoms with Crippen LogP contribution in [0.2, 0.25) is 0 Å². The van der Waals surface area contributed by atoms with E-state index in [1.165, 1.54) is 12.1 Å². The van der Waals surface area contributed by atoms with Gasteiger partial charge in [0.15, 0.2) is 0 Å². The highest BCUT2D eigenvalue weighted by atomic mass is 19.4.